The van der Waals surface area contributed by atoms with E-state index in [1.165, 1.54) is 11.8 Å². The number of thioether (sulfide) groups is 1. The van der Waals surface area contributed by atoms with E-state index in [9.17, 15) is 9.59 Å². The van der Waals surface area contributed by atoms with Crippen LogP contribution in [0.4, 0.5) is 5.69 Å². The number of anilines is 1. The molecule has 0 aliphatic carbocycles. The maximum Gasteiger partial charge on any atom is 0.251 e. The van der Waals surface area contributed by atoms with Gasteiger partial charge in [-0.1, -0.05) is 53.2 Å². The minimum atomic E-state index is -0.358. The Bertz CT molecular complexity index is 1060. The number of carbonyl (C=O) groups excluding carboxylic acids is 2. The van der Waals surface area contributed by atoms with Crippen LogP contribution >= 0.6 is 35.0 Å². The van der Waals surface area contributed by atoms with Gasteiger partial charge in [-0.3, -0.25) is 9.59 Å². The van der Waals surface area contributed by atoms with Gasteiger partial charge in [0.25, 0.3) is 5.91 Å². The van der Waals surface area contributed by atoms with E-state index in [1.807, 2.05) is 13.0 Å². The number of nitrogens with zero attached hydrogens (tertiary/aromatic N) is 3. The van der Waals surface area contributed by atoms with E-state index < -0.39 is 0 Å². The molecule has 0 aliphatic rings. The second-order valence-corrected chi connectivity index (χ2v) is 8.21. The van der Waals surface area contributed by atoms with Gasteiger partial charge < -0.3 is 15.2 Å². The van der Waals surface area contributed by atoms with E-state index in [4.69, 9.17) is 23.2 Å². The standard InChI is InChI=1S/C20H19Cl2N5O2S/c1-12(23-19(29)13-6-4-3-5-7-13)18-25-26-20(27(18)2)30-11-17(28)24-16-10-14(21)8-9-15(16)22/h3-10,12H,11H2,1-2H3,(H,23,29)(H,24,28)/t12-/m1/s1. The zero-order valence-corrected chi connectivity index (χ0v) is 18.6. The lowest BCUT2D eigenvalue weighted by atomic mass is 10.2. The van der Waals surface area contributed by atoms with Crippen molar-refractivity contribution in [1.29, 1.82) is 0 Å². The largest absolute Gasteiger partial charge is 0.342 e. The number of benzene rings is 2. The van der Waals surface area contributed by atoms with Crippen LogP contribution in [0, 0.1) is 0 Å². The topological polar surface area (TPSA) is 88.9 Å². The maximum absolute atomic E-state index is 12.3. The SMILES string of the molecule is C[C@@H](NC(=O)c1ccccc1)c1nnc(SCC(=O)Nc2cc(Cl)ccc2Cl)n1C. The second kappa shape index (κ2) is 9.97. The summed E-state index contributed by atoms with van der Waals surface area (Å²) in [6, 6.07) is 13.4. The third kappa shape index (κ3) is 5.53. The predicted octanol–water partition coefficient (Wildman–Crippen LogP) is 4.34. The molecule has 0 fully saturated rings. The van der Waals surface area contributed by atoms with E-state index in [0.29, 0.717) is 32.3 Å². The molecule has 3 aromatic rings. The first-order chi connectivity index (χ1) is 14.3. The normalized spacial score (nSPS) is 11.7. The van der Waals surface area contributed by atoms with Crippen molar-refractivity contribution >= 4 is 52.5 Å². The number of nitrogens with one attached hydrogen (secondary N) is 2. The zero-order chi connectivity index (χ0) is 21.7. The van der Waals surface area contributed by atoms with Gasteiger partial charge in [0.2, 0.25) is 5.91 Å². The summed E-state index contributed by atoms with van der Waals surface area (Å²) in [6.45, 7) is 1.83. The molecule has 30 heavy (non-hydrogen) atoms. The van der Waals surface area contributed by atoms with Crippen LogP contribution in [0.25, 0.3) is 0 Å². The Kier molecular flexibility index (Phi) is 7.36. The van der Waals surface area contributed by atoms with Crippen LogP contribution in [-0.2, 0) is 11.8 Å². The van der Waals surface area contributed by atoms with Crippen molar-refractivity contribution in [2.24, 2.45) is 7.05 Å². The smallest absolute Gasteiger partial charge is 0.251 e. The van der Waals surface area contributed by atoms with E-state index in [0.717, 1.165) is 0 Å². The average Bonchev–Trinajstić information content (AvgIpc) is 3.10. The van der Waals surface area contributed by atoms with Crippen LogP contribution in [0.3, 0.4) is 0 Å². The van der Waals surface area contributed by atoms with Crippen molar-refractivity contribution < 1.29 is 9.59 Å². The molecule has 1 aromatic heterocycles. The predicted molar refractivity (Wildman–Crippen MR) is 119 cm³/mol. The molecular weight excluding hydrogens is 445 g/mol. The number of hydrogen-bond donors (Lipinski definition) is 2. The summed E-state index contributed by atoms with van der Waals surface area (Å²) in [7, 11) is 1.79. The van der Waals surface area contributed by atoms with Crippen molar-refractivity contribution in [3.8, 4) is 0 Å². The summed E-state index contributed by atoms with van der Waals surface area (Å²) in [5.41, 5.74) is 1.02. The Morgan fingerprint density at radius 3 is 2.60 bits per heavy atom. The number of amides is 2. The van der Waals surface area contributed by atoms with Gasteiger partial charge in [-0.15, -0.1) is 10.2 Å². The van der Waals surface area contributed by atoms with Crippen molar-refractivity contribution in [2.75, 3.05) is 11.1 Å². The molecule has 1 atom stereocenters. The van der Waals surface area contributed by atoms with Crippen LogP contribution < -0.4 is 10.6 Å². The third-order valence-electron chi connectivity index (χ3n) is 4.17. The molecule has 2 aromatic carbocycles. The highest BCUT2D eigenvalue weighted by Crippen LogP contribution is 2.26. The Labute approximate surface area is 188 Å². The minimum Gasteiger partial charge on any atom is -0.342 e. The van der Waals surface area contributed by atoms with Gasteiger partial charge in [0, 0.05) is 17.6 Å². The lowest BCUT2D eigenvalue weighted by molar-refractivity contribution is -0.113. The quantitative estimate of drug-likeness (QED) is 0.508. The summed E-state index contributed by atoms with van der Waals surface area (Å²) in [6.07, 6.45) is 0. The zero-order valence-electron chi connectivity index (χ0n) is 16.2. The first-order valence-electron chi connectivity index (χ1n) is 8.98. The highest BCUT2D eigenvalue weighted by atomic mass is 35.5. The Morgan fingerprint density at radius 1 is 1.13 bits per heavy atom. The molecule has 7 nitrogen and oxygen atoms in total. The van der Waals surface area contributed by atoms with Crippen LogP contribution in [0.1, 0.15) is 29.1 Å². The van der Waals surface area contributed by atoms with E-state index in [1.54, 1.807) is 54.1 Å². The first-order valence-corrected chi connectivity index (χ1v) is 10.7. The Hall–Kier alpha value is -2.55. The summed E-state index contributed by atoms with van der Waals surface area (Å²) in [5, 5.41) is 15.3. The van der Waals surface area contributed by atoms with Crippen molar-refractivity contribution in [2.45, 2.75) is 18.1 Å². The summed E-state index contributed by atoms with van der Waals surface area (Å²) in [5.74, 6) is 0.247. The average molecular weight is 464 g/mol. The second-order valence-electron chi connectivity index (χ2n) is 6.42. The van der Waals surface area contributed by atoms with Gasteiger partial charge in [-0.2, -0.15) is 0 Å². The lowest BCUT2D eigenvalue weighted by Gasteiger charge is -2.13. The fourth-order valence-electron chi connectivity index (χ4n) is 2.67. The van der Waals surface area contributed by atoms with Gasteiger partial charge in [-0.05, 0) is 37.3 Å². The van der Waals surface area contributed by atoms with Gasteiger partial charge in [-0.25, -0.2) is 0 Å². The van der Waals surface area contributed by atoms with Crippen molar-refractivity contribution in [3.05, 3.63) is 70.0 Å². The monoisotopic (exact) mass is 463 g/mol. The molecule has 2 amide bonds. The molecule has 0 saturated heterocycles. The first kappa shape index (κ1) is 22.1. The number of carbonyl (C=O) groups is 2. The van der Waals surface area contributed by atoms with Gasteiger partial charge in [0.05, 0.1) is 22.5 Å². The Balaban J connectivity index is 1.59. The van der Waals surface area contributed by atoms with Crippen LogP contribution in [0.5, 0.6) is 0 Å². The van der Waals surface area contributed by atoms with Crippen LogP contribution in [-0.4, -0.2) is 32.3 Å². The Morgan fingerprint density at radius 2 is 1.87 bits per heavy atom. The molecule has 0 aliphatic heterocycles. The van der Waals surface area contributed by atoms with E-state index in [2.05, 4.69) is 20.8 Å². The highest BCUT2D eigenvalue weighted by molar-refractivity contribution is 7.99. The summed E-state index contributed by atoms with van der Waals surface area (Å²) >= 11 is 13.2. The molecule has 0 radical (unpaired) electrons. The molecule has 3 rings (SSSR count). The molecule has 0 unspecified atom stereocenters. The maximum atomic E-state index is 12.3. The number of rotatable bonds is 7. The highest BCUT2D eigenvalue weighted by Gasteiger charge is 2.19. The molecule has 156 valence electrons. The number of hydrogen-bond acceptors (Lipinski definition) is 5. The fourth-order valence-corrected chi connectivity index (χ4v) is 3.73. The van der Waals surface area contributed by atoms with Crippen molar-refractivity contribution in [1.82, 2.24) is 20.1 Å². The van der Waals surface area contributed by atoms with E-state index >= 15 is 0 Å². The lowest BCUT2D eigenvalue weighted by Crippen LogP contribution is -2.28. The fraction of sp³-hybridized carbons (Fsp3) is 0.200. The molecule has 10 heteroatoms. The summed E-state index contributed by atoms with van der Waals surface area (Å²) < 4.78 is 1.75. The van der Waals surface area contributed by atoms with E-state index in [-0.39, 0.29) is 23.6 Å². The molecule has 1 heterocycles. The van der Waals surface area contributed by atoms with Gasteiger partial charge in [0.15, 0.2) is 11.0 Å². The summed E-state index contributed by atoms with van der Waals surface area (Å²) in [4.78, 5) is 24.6. The van der Waals surface area contributed by atoms with Crippen molar-refractivity contribution in [3.63, 3.8) is 0 Å². The number of halogens is 2. The molecule has 0 spiro atoms. The molecule has 0 bridgehead atoms. The van der Waals surface area contributed by atoms with Crippen LogP contribution in [0.2, 0.25) is 10.0 Å². The minimum absolute atomic E-state index is 0.111. The molecular formula is C20H19Cl2N5O2S. The van der Waals surface area contributed by atoms with Gasteiger partial charge >= 0.3 is 0 Å². The third-order valence-corrected chi connectivity index (χ3v) is 5.76. The molecule has 2 N–H and O–H groups in total. The number of aromatic nitrogens is 3. The molecule has 0 saturated carbocycles. The van der Waals surface area contributed by atoms with Gasteiger partial charge in [0.1, 0.15) is 0 Å². The van der Waals surface area contributed by atoms with Crippen LogP contribution in [0.15, 0.2) is 53.7 Å².